The van der Waals surface area contributed by atoms with Gasteiger partial charge in [0.25, 0.3) is 0 Å². The van der Waals surface area contributed by atoms with E-state index in [9.17, 15) is 14.4 Å². The first-order valence-corrected chi connectivity index (χ1v) is 9.18. The number of carbonyl (C=O) groups excluding carboxylic acids is 3. The molecule has 2 saturated heterocycles. The number of carbonyl (C=O) groups is 3. The van der Waals surface area contributed by atoms with Crippen molar-refractivity contribution >= 4 is 34.2 Å². The van der Waals surface area contributed by atoms with Gasteiger partial charge in [0, 0.05) is 39.6 Å². The van der Waals surface area contributed by atoms with E-state index in [0.29, 0.717) is 37.7 Å². The van der Waals surface area contributed by atoms with E-state index in [1.807, 2.05) is 6.92 Å². The molecule has 25 heavy (non-hydrogen) atoms. The van der Waals surface area contributed by atoms with Gasteiger partial charge in [-0.25, -0.2) is 0 Å². The number of likely N-dealkylation sites (N-methyl/N-ethyl adjacent to an activating group) is 1. The Balaban J connectivity index is 1.49. The highest BCUT2D eigenvalue weighted by Crippen LogP contribution is 2.18. The van der Waals surface area contributed by atoms with Gasteiger partial charge < -0.3 is 15.1 Å². The lowest BCUT2D eigenvalue weighted by molar-refractivity contribution is -0.158. The molecule has 3 rings (SSSR count). The summed E-state index contributed by atoms with van der Waals surface area (Å²) in [6, 6.07) is -0.432. The molecule has 9 nitrogen and oxygen atoms in total. The van der Waals surface area contributed by atoms with Gasteiger partial charge in [-0.05, 0) is 6.42 Å². The van der Waals surface area contributed by atoms with Crippen LogP contribution in [-0.4, -0.2) is 88.4 Å². The number of fused-ring (bicyclic) bond motifs is 1. The van der Waals surface area contributed by atoms with Crippen molar-refractivity contribution in [2.45, 2.75) is 25.8 Å². The van der Waals surface area contributed by atoms with E-state index >= 15 is 0 Å². The first-order valence-electron chi connectivity index (χ1n) is 8.37. The number of piperazine rings is 2. The van der Waals surface area contributed by atoms with Crippen LogP contribution in [0.3, 0.4) is 0 Å². The summed E-state index contributed by atoms with van der Waals surface area (Å²) in [5.74, 6) is -0.161. The molecule has 0 unspecified atom stereocenters. The number of aromatic nitrogens is 2. The number of rotatable bonds is 5. The van der Waals surface area contributed by atoms with Crippen molar-refractivity contribution in [3.05, 3.63) is 5.01 Å². The molecule has 0 radical (unpaired) electrons. The molecule has 0 spiro atoms. The minimum Gasteiger partial charge on any atom is -0.335 e. The Morgan fingerprint density at radius 3 is 2.84 bits per heavy atom. The summed E-state index contributed by atoms with van der Waals surface area (Å²) >= 11 is 1.38. The molecule has 1 aromatic heterocycles. The molecule has 0 bridgehead atoms. The van der Waals surface area contributed by atoms with Crippen LogP contribution < -0.4 is 5.32 Å². The maximum absolute atomic E-state index is 12.3. The molecule has 2 aliphatic rings. The molecule has 3 heterocycles. The van der Waals surface area contributed by atoms with Gasteiger partial charge in [0.2, 0.25) is 22.9 Å². The molecule has 0 aliphatic carbocycles. The van der Waals surface area contributed by atoms with Crippen molar-refractivity contribution in [2.75, 3.05) is 45.1 Å². The maximum Gasteiger partial charge on any atom is 0.246 e. The molecule has 10 heteroatoms. The molecule has 0 aromatic carbocycles. The molecule has 1 N–H and O–H groups in total. The topological polar surface area (TPSA) is 98.7 Å². The Hall–Kier alpha value is -2.07. The minimum absolute atomic E-state index is 0.00695. The van der Waals surface area contributed by atoms with Gasteiger partial charge in [-0.3, -0.25) is 19.3 Å². The minimum atomic E-state index is -0.432. The highest BCUT2D eigenvalue weighted by molar-refractivity contribution is 7.15. The van der Waals surface area contributed by atoms with Crippen molar-refractivity contribution in [1.29, 1.82) is 0 Å². The monoisotopic (exact) mass is 366 g/mol. The van der Waals surface area contributed by atoms with E-state index in [-0.39, 0.29) is 24.3 Å². The second-order valence-corrected chi connectivity index (χ2v) is 7.31. The van der Waals surface area contributed by atoms with E-state index in [1.165, 1.54) is 16.2 Å². The second-order valence-electron chi connectivity index (χ2n) is 6.25. The quantitative estimate of drug-likeness (QED) is 0.748. The summed E-state index contributed by atoms with van der Waals surface area (Å²) in [6.07, 6.45) is 1.10. The van der Waals surface area contributed by atoms with E-state index < -0.39 is 6.04 Å². The third-order valence-corrected chi connectivity index (χ3v) is 5.47. The van der Waals surface area contributed by atoms with Crippen LogP contribution in [0.15, 0.2) is 0 Å². The molecule has 3 amide bonds. The number of hydrogen-bond acceptors (Lipinski definition) is 7. The Bertz CT molecular complexity index is 678. The first kappa shape index (κ1) is 17.7. The van der Waals surface area contributed by atoms with Crippen LogP contribution in [0, 0.1) is 0 Å². The van der Waals surface area contributed by atoms with Gasteiger partial charge in [-0.1, -0.05) is 18.3 Å². The average Bonchev–Trinajstić information content (AvgIpc) is 3.05. The van der Waals surface area contributed by atoms with Gasteiger partial charge in [0.05, 0.1) is 6.54 Å². The normalized spacial score (nSPS) is 21.4. The lowest BCUT2D eigenvalue weighted by Gasteiger charge is -2.45. The van der Waals surface area contributed by atoms with Crippen LogP contribution in [0.25, 0.3) is 0 Å². The summed E-state index contributed by atoms with van der Waals surface area (Å²) in [5.41, 5.74) is 0. The fourth-order valence-corrected chi connectivity index (χ4v) is 3.76. The standard InChI is InChI=1S/C15H22N6O3S/c1-3-12-17-18-15(25-12)16-11(22)4-5-20-6-7-21-10(8-20)14(24)19(2)9-13(21)23/h10H,3-9H2,1-2H3,(H,16,18,22)/t10-/m0/s1. The van der Waals surface area contributed by atoms with E-state index in [4.69, 9.17) is 0 Å². The van der Waals surface area contributed by atoms with Crippen LogP contribution in [0.4, 0.5) is 5.13 Å². The Morgan fingerprint density at radius 1 is 1.32 bits per heavy atom. The van der Waals surface area contributed by atoms with E-state index in [0.717, 1.165) is 11.4 Å². The fraction of sp³-hybridized carbons (Fsp3) is 0.667. The first-order chi connectivity index (χ1) is 12.0. The third kappa shape index (κ3) is 3.96. The van der Waals surface area contributed by atoms with Gasteiger partial charge in [0.1, 0.15) is 11.0 Å². The van der Waals surface area contributed by atoms with E-state index in [1.54, 1.807) is 11.9 Å². The number of anilines is 1. The van der Waals surface area contributed by atoms with E-state index in [2.05, 4.69) is 20.4 Å². The van der Waals surface area contributed by atoms with Crippen LogP contribution in [0.1, 0.15) is 18.4 Å². The highest BCUT2D eigenvalue weighted by atomic mass is 32.1. The summed E-state index contributed by atoms with van der Waals surface area (Å²) in [5, 5.41) is 12.1. The maximum atomic E-state index is 12.3. The van der Waals surface area contributed by atoms with Crippen molar-refractivity contribution in [2.24, 2.45) is 0 Å². The van der Waals surface area contributed by atoms with Crippen molar-refractivity contribution in [3.8, 4) is 0 Å². The Morgan fingerprint density at radius 2 is 2.12 bits per heavy atom. The third-order valence-electron chi connectivity index (χ3n) is 4.49. The number of aryl methyl sites for hydroxylation is 1. The van der Waals surface area contributed by atoms with Crippen LogP contribution in [-0.2, 0) is 20.8 Å². The van der Waals surface area contributed by atoms with Crippen molar-refractivity contribution in [3.63, 3.8) is 0 Å². The zero-order valence-corrected chi connectivity index (χ0v) is 15.2. The Kier molecular flexibility index (Phi) is 5.28. The molecular formula is C15H22N6O3S. The number of nitrogens with zero attached hydrogens (tertiary/aromatic N) is 5. The fourth-order valence-electron chi connectivity index (χ4n) is 3.07. The summed E-state index contributed by atoms with van der Waals surface area (Å²) in [4.78, 5) is 41.6. The Labute approximate surface area is 150 Å². The number of nitrogens with one attached hydrogen (secondary N) is 1. The number of amides is 3. The summed E-state index contributed by atoms with van der Waals surface area (Å²) in [7, 11) is 1.65. The molecule has 2 aliphatic heterocycles. The predicted molar refractivity (Wildman–Crippen MR) is 92.1 cm³/mol. The number of hydrogen-bond donors (Lipinski definition) is 1. The van der Waals surface area contributed by atoms with Gasteiger partial charge in [-0.2, -0.15) is 0 Å². The predicted octanol–water partition coefficient (Wildman–Crippen LogP) is -0.586. The molecule has 2 fully saturated rings. The van der Waals surface area contributed by atoms with Crippen molar-refractivity contribution in [1.82, 2.24) is 24.9 Å². The second kappa shape index (κ2) is 7.44. The highest BCUT2D eigenvalue weighted by Gasteiger charge is 2.41. The molecular weight excluding hydrogens is 344 g/mol. The van der Waals surface area contributed by atoms with Crippen LogP contribution in [0.5, 0.6) is 0 Å². The van der Waals surface area contributed by atoms with Crippen LogP contribution >= 0.6 is 11.3 Å². The molecule has 1 aromatic rings. The smallest absolute Gasteiger partial charge is 0.246 e. The van der Waals surface area contributed by atoms with Crippen LogP contribution in [0.2, 0.25) is 0 Å². The zero-order chi connectivity index (χ0) is 18.0. The van der Waals surface area contributed by atoms with Gasteiger partial charge >= 0.3 is 0 Å². The largest absolute Gasteiger partial charge is 0.335 e. The molecule has 1 atom stereocenters. The SMILES string of the molecule is CCc1nnc(NC(=O)CCN2CCN3C(=O)CN(C)C(=O)[C@@H]3C2)s1. The summed E-state index contributed by atoms with van der Waals surface area (Å²) in [6.45, 7) is 4.36. The lowest BCUT2D eigenvalue weighted by Crippen LogP contribution is -2.66. The molecule has 136 valence electrons. The zero-order valence-electron chi connectivity index (χ0n) is 14.4. The van der Waals surface area contributed by atoms with Crippen molar-refractivity contribution < 1.29 is 14.4 Å². The van der Waals surface area contributed by atoms with Gasteiger partial charge in [-0.15, -0.1) is 10.2 Å². The molecule has 0 saturated carbocycles. The lowest BCUT2D eigenvalue weighted by atomic mass is 10.1. The average molecular weight is 366 g/mol. The summed E-state index contributed by atoms with van der Waals surface area (Å²) < 4.78 is 0. The van der Waals surface area contributed by atoms with Gasteiger partial charge in [0.15, 0.2) is 0 Å².